The van der Waals surface area contributed by atoms with E-state index in [1.54, 1.807) is 0 Å². The van der Waals surface area contributed by atoms with Crippen LogP contribution in [0.3, 0.4) is 0 Å². The van der Waals surface area contributed by atoms with Crippen LogP contribution in [0.2, 0.25) is 0 Å². The predicted molar refractivity (Wildman–Crippen MR) is 84.8 cm³/mol. The number of carbonyl (C=O) groups is 1. The van der Waals surface area contributed by atoms with Crippen molar-refractivity contribution in [1.82, 2.24) is 5.32 Å². The molecule has 0 atom stereocenters. The van der Waals surface area contributed by atoms with Gasteiger partial charge in [-0.2, -0.15) is 0 Å². The third-order valence-corrected chi connectivity index (χ3v) is 3.34. The van der Waals surface area contributed by atoms with Gasteiger partial charge >= 0.3 is 0 Å². The van der Waals surface area contributed by atoms with E-state index in [0.717, 1.165) is 42.5 Å². The minimum atomic E-state index is 0.0931. The van der Waals surface area contributed by atoms with Crippen molar-refractivity contribution in [2.24, 2.45) is 5.73 Å². The molecule has 0 heterocycles. The lowest BCUT2D eigenvalue weighted by molar-refractivity contribution is -0.121. The number of ether oxygens (including phenoxy) is 1. The zero-order valence-electron chi connectivity index (χ0n) is 11.7. The van der Waals surface area contributed by atoms with Crippen molar-refractivity contribution in [2.45, 2.75) is 32.1 Å². The Hall–Kier alpha value is -1.07. The summed E-state index contributed by atoms with van der Waals surface area (Å²) in [4.78, 5) is 11.5. The molecule has 0 spiro atoms. The topological polar surface area (TPSA) is 64.4 Å². The van der Waals surface area contributed by atoms with Crippen molar-refractivity contribution in [3.8, 4) is 5.75 Å². The second kappa shape index (κ2) is 10.7. The standard InChI is InChI=1S/C15H23BrN2O2/c16-13-6-5-7-14(12-13)20-11-10-18-15(19)8-3-1-2-4-9-17/h5-7,12H,1-4,8-11,17H2,(H,18,19). The lowest BCUT2D eigenvalue weighted by Gasteiger charge is -2.08. The molecule has 5 heteroatoms. The molecule has 20 heavy (non-hydrogen) atoms. The molecule has 0 fully saturated rings. The summed E-state index contributed by atoms with van der Waals surface area (Å²) in [6.45, 7) is 1.75. The number of unbranched alkanes of at least 4 members (excludes halogenated alkanes) is 3. The average Bonchev–Trinajstić information content (AvgIpc) is 2.43. The molecule has 0 radical (unpaired) electrons. The normalized spacial score (nSPS) is 10.3. The molecule has 1 aromatic carbocycles. The van der Waals surface area contributed by atoms with Gasteiger partial charge in [-0.05, 0) is 37.6 Å². The Morgan fingerprint density at radius 2 is 2.05 bits per heavy atom. The van der Waals surface area contributed by atoms with E-state index in [1.165, 1.54) is 0 Å². The fraction of sp³-hybridized carbons (Fsp3) is 0.533. The molecule has 1 rings (SSSR count). The van der Waals surface area contributed by atoms with Gasteiger partial charge in [0.2, 0.25) is 5.91 Å². The lowest BCUT2D eigenvalue weighted by Crippen LogP contribution is -2.27. The number of nitrogens with one attached hydrogen (secondary N) is 1. The monoisotopic (exact) mass is 342 g/mol. The largest absolute Gasteiger partial charge is 0.492 e. The summed E-state index contributed by atoms with van der Waals surface area (Å²) in [7, 11) is 0. The summed E-state index contributed by atoms with van der Waals surface area (Å²) >= 11 is 3.38. The highest BCUT2D eigenvalue weighted by molar-refractivity contribution is 9.10. The molecule has 0 aromatic heterocycles. The minimum absolute atomic E-state index is 0.0931. The fourth-order valence-electron chi connectivity index (χ4n) is 1.79. The number of hydrogen-bond acceptors (Lipinski definition) is 3. The Labute approximate surface area is 129 Å². The van der Waals surface area contributed by atoms with E-state index < -0.39 is 0 Å². The van der Waals surface area contributed by atoms with Crippen LogP contribution < -0.4 is 15.8 Å². The Morgan fingerprint density at radius 1 is 1.25 bits per heavy atom. The second-order valence-corrected chi connectivity index (χ2v) is 5.52. The van der Waals surface area contributed by atoms with Crippen molar-refractivity contribution in [3.05, 3.63) is 28.7 Å². The first-order valence-electron chi connectivity index (χ1n) is 7.07. The zero-order valence-corrected chi connectivity index (χ0v) is 13.3. The quantitative estimate of drug-likeness (QED) is 0.642. The smallest absolute Gasteiger partial charge is 0.220 e. The third-order valence-electron chi connectivity index (χ3n) is 2.85. The van der Waals surface area contributed by atoms with E-state index in [-0.39, 0.29) is 5.91 Å². The first-order valence-corrected chi connectivity index (χ1v) is 7.87. The average molecular weight is 343 g/mol. The molecule has 4 nitrogen and oxygen atoms in total. The van der Waals surface area contributed by atoms with Crippen molar-refractivity contribution in [2.75, 3.05) is 19.7 Å². The van der Waals surface area contributed by atoms with Crippen molar-refractivity contribution < 1.29 is 9.53 Å². The molecule has 0 saturated carbocycles. The summed E-state index contributed by atoms with van der Waals surface area (Å²) in [6.07, 6.45) is 4.73. The van der Waals surface area contributed by atoms with Crippen molar-refractivity contribution >= 4 is 21.8 Å². The molecular weight excluding hydrogens is 320 g/mol. The molecule has 1 amide bonds. The van der Waals surface area contributed by atoms with Gasteiger partial charge in [0, 0.05) is 10.9 Å². The fourth-order valence-corrected chi connectivity index (χ4v) is 2.17. The first kappa shape index (κ1) is 17.0. The number of hydrogen-bond donors (Lipinski definition) is 2. The lowest BCUT2D eigenvalue weighted by atomic mass is 10.1. The Bertz CT molecular complexity index is 399. The maximum Gasteiger partial charge on any atom is 0.220 e. The maximum atomic E-state index is 11.5. The Balaban J connectivity index is 2.02. The Kier molecular flexibility index (Phi) is 9.07. The minimum Gasteiger partial charge on any atom is -0.492 e. The van der Waals surface area contributed by atoms with Gasteiger partial charge in [-0.1, -0.05) is 34.8 Å². The predicted octanol–water partition coefficient (Wildman–Crippen LogP) is 2.85. The van der Waals surface area contributed by atoms with Gasteiger partial charge in [-0.25, -0.2) is 0 Å². The van der Waals surface area contributed by atoms with Gasteiger partial charge in [-0.15, -0.1) is 0 Å². The summed E-state index contributed by atoms with van der Waals surface area (Å²) in [5.74, 6) is 0.894. The molecule has 1 aromatic rings. The van der Waals surface area contributed by atoms with Crippen molar-refractivity contribution in [3.63, 3.8) is 0 Å². The van der Waals surface area contributed by atoms with Crippen LogP contribution in [0.15, 0.2) is 28.7 Å². The van der Waals surface area contributed by atoms with E-state index in [1.807, 2.05) is 24.3 Å². The van der Waals surface area contributed by atoms with Crippen LogP contribution in [-0.2, 0) is 4.79 Å². The molecule has 0 aliphatic rings. The summed E-state index contributed by atoms with van der Waals surface area (Å²) < 4.78 is 6.52. The summed E-state index contributed by atoms with van der Waals surface area (Å²) in [6, 6.07) is 7.65. The van der Waals surface area contributed by atoms with E-state index in [0.29, 0.717) is 19.6 Å². The number of halogens is 1. The maximum absolute atomic E-state index is 11.5. The highest BCUT2D eigenvalue weighted by atomic mass is 79.9. The highest BCUT2D eigenvalue weighted by Gasteiger charge is 2.01. The van der Waals surface area contributed by atoms with Crippen LogP contribution >= 0.6 is 15.9 Å². The number of nitrogens with two attached hydrogens (primary N) is 1. The Morgan fingerprint density at radius 3 is 2.80 bits per heavy atom. The van der Waals surface area contributed by atoms with Crippen LogP contribution in [0, 0.1) is 0 Å². The van der Waals surface area contributed by atoms with Gasteiger partial charge < -0.3 is 15.8 Å². The van der Waals surface area contributed by atoms with E-state index in [9.17, 15) is 4.79 Å². The molecule has 3 N–H and O–H groups in total. The van der Waals surface area contributed by atoms with Gasteiger partial charge in [-0.3, -0.25) is 4.79 Å². The van der Waals surface area contributed by atoms with Gasteiger partial charge in [0.25, 0.3) is 0 Å². The molecule has 112 valence electrons. The highest BCUT2D eigenvalue weighted by Crippen LogP contribution is 2.17. The van der Waals surface area contributed by atoms with Crippen LogP contribution in [0.4, 0.5) is 0 Å². The number of carbonyl (C=O) groups excluding carboxylic acids is 1. The number of rotatable bonds is 10. The summed E-state index contributed by atoms with van der Waals surface area (Å²) in [5.41, 5.74) is 5.41. The van der Waals surface area contributed by atoms with E-state index in [2.05, 4.69) is 21.2 Å². The van der Waals surface area contributed by atoms with Gasteiger partial charge in [0.15, 0.2) is 0 Å². The van der Waals surface area contributed by atoms with Crippen LogP contribution in [0.25, 0.3) is 0 Å². The second-order valence-electron chi connectivity index (χ2n) is 4.61. The first-order chi connectivity index (χ1) is 9.72. The third kappa shape index (κ3) is 8.17. The molecule has 0 aliphatic carbocycles. The molecular formula is C15H23BrN2O2. The van der Waals surface area contributed by atoms with Crippen molar-refractivity contribution in [1.29, 1.82) is 0 Å². The SMILES string of the molecule is NCCCCCCC(=O)NCCOc1cccc(Br)c1. The van der Waals surface area contributed by atoms with E-state index >= 15 is 0 Å². The molecule has 0 aliphatic heterocycles. The number of benzene rings is 1. The molecule has 0 saturated heterocycles. The summed E-state index contributed by atoms with van der Waals surface area (Å²) in [5, 5.41) is 2.86. The molecule has 0 bridgehead atoms. The van der Waals surface area contributed by atoms with E-state index in [4.69, 9.17) is 10.5 Å². The number of amides is 1. The van der Waals surface area contributed by atoms with Crippen LogP contribution in [0.1, 0.15) is 32.1 Å². The zero-order chi connectivity index (χ0) is 14.6. The van der Waals surface area contributed by atoms with Crippen LogP contribution in [-0.4, -0.2) is 25.6 Å². The van der Waals surface area contributed by atoms with Gasteiger partial charge in [0.05, 0.1) is 6.54 Å². The van der Waals surface area contributed by atoms with Gasteiger partial charge in [0.1, 0.15) is 12.4 Å². The van der Waals surface area contributed by atoms with Crippen LogP contribution in [0.5, 0.6) is 5.75 Å². The molecule has 0 unspecified atom stereocenters.